The molecule has 0 amide bonds. The van der Waals surface area contributed by atoms with Gasteiger partial charge in [0.25, 0.3) is 0 Å². The Kier molecular flexibility index (Phi) is 4.21. The standard InChI is InChI=1S/C14H11F4NO2/c15-12-7-9(1-6-13(12)20)8-19-10-2-4-11(5-3-10)21-14(16,17)18/h1-7,19-20H,8H2. The van der Waals surface area contributed by atoms with E-state index in [1.165, 1.54) is 42.5 Å². The summed E-state index contributed by atoms with van der Waals surface area (Å²) < 4.78 is 52.8. The van der Waals surface area contributed by atoms with Crippen LogP contribution in [0, 0.1) is 5.82 Å². The molecule has 0 atom stereocenters. The molecule has 0 fully saturated rings. The highest BCUT2D eigenvalue weighted by atomic mass is 19.4. The van der Waals surface area contributed by atoms with Crippen LogP contribution >= 0.6 is 0 Å². The van der Waals surface area contributed by atoms with Crippen molar-refractivity contribution in [3.8, 4) is 11.5 Å². The monoisotopic (exact) mass is 301 g/mol. The van der Waals surface area contributed by atoms with Crippen LogP contribution in [0.25, 0.3) is 0 Å². The molecule has 112 valence electrons. The van der Waals surface area contributed by atoms with Crippen LogP contribution in [0.15, 0.2) is 42.5 Å². The summed E-state index contributed by atoms with van der Waals surface area (Å²) in [5, 5.41) is 12.0. The van der Waals surface area contributed by atoms with Crippen LogP contribution in [-0.2, 0) is 6.54 Å². The fourth-order valence-corrected chi connectivity index (χ4v) is 1.64. The lowest BCUT2D eigenvalue weighted by Gasteiger charge is -2.10. The zero-order valence-corrected chi connectivity index (χ0v) is 10.6. The number of hydrogen-bond donors (Lipinski definition) is 2. The molecule has 3 nitrogen and oxygen atoms in total. The molecule has 0 aliphatic rings. The van der Waals surface area contributed by atoms with Gasteiger partial charge in [0.15, 0.2) is 11.6 Å². The average molecular weight is 301 g/mol. The first-order chi connectivity index (χ1) is 9.83. The quantitative estimate of drug-likeness (QED) is 0.837. The van der Waals surface area contributed by atoms with Gasteiger partial charge in [-0.3, -0.25) is 0 Å². The Hall–Kier alpha value is -2.44. The maximum absolute atomic E-state index is 13.1. The predicted octanol–water partition coefficient (Wildman–Crippen LogP) is 4.04. The summed E-state index contributed by atoms with van der Waals surface area (Å²) in [6, 6.07) is 9.11. The number of halogens is 4. The molecular formula is C14H11F4NO2. The van der Waals surface area contributed by atoms with Crippen molar-refractivity contribution in [3.05, 3.63) is 53.8 Å². The van der Waals surface area contributed by atoms with Crippen molar-refractivity contribution in [1.82, 2.24) is 0 Å². The van der Waals surface area contributed by atoms with Crippen LogP contribution in [0.5, 0.6) is 11.5 Å². The maximum Gasteiger partial charge on any atom is 0.573 e. The number of hydrogen-bond acceptors (Lipinski definition) is 3. The molecule has 0 aliphatic carbocycles. The Morgan fingerprint density at radius 1 is 1.05 bits per heavy atom. The van der Waals surface area contributed by atoms with Crippen LogP contribution in [-0.4, -0.2) is 11.5 Å². The average Bonchev–Trinajstić information content (AvgIpc) is 2.40. The van der Waals surface area contributed by atoms with Gasteiger partial charge in [-0.15, -0.1) is 13.2 Å². The van der Waals surface area contributed by atoms with Crippen LogP contribution in [0.1, 0.15) is 5.56 Å². The first-order valence-electron chi connectivity index (χ1n) is 5.90. The molecule has 0 unspecified atom stereocenters. The van der Waals surface area contributed by atoms with Gasteiger partial charge in [0, 0.05) is 12.2 Å². The van der Waals surface area contributed by atoms with E-state index < -0.39 is 17.9 Å². The Bertz CT molecular complexity index is 611. The summed E-state index contributed by atoms with van der Waals surface area (Å²) in [5.74, 6) is -1.49. The third-order valence-corrected chi connectivity index (χ3v) is 2.60. The SMILES string of the molecule is Oc1ccc(CNc2ccc(OC(F)(F)F)cc2)cc1F. The van der Waals surface area contributed by atoms with E-state index in [0.717, 1.165) is 0 Å². The van der Waals surface area contributed by atoms with Crippen molar-refractivity contribution in [2.45, 2.75) is 12.9 Å². The van der Waals surface area contributed by atoms with E-state index >= 15 is 0 Å². The molecule has 0 heterocycles. The first kappa shape index (κ1) is 15.0. The lowest BCUT2D eigenvalue weighted by molar-refractivity contribution is -0.274. The molecule has 7 heteroatoms. The third-order valence-electron chi connectivity index (χ3n) is 2.60. The summed E-state index contributed by atoms with van der Waals surface area (Å²) in [7, 11) is 0. The number of rotatable bonds is 4. The van der Waals surface area contributed by atoms with Crippen molar-refractivity contribution in [3.63, 3.8) is 0 Å². The molecule has 0 saturated carbocycles. The van der Waals surface area contributed by atoms with Crippen LogP contribution < -0.4 is 10.1 Å². The highest BCUT2D eigenvalue weighted by Gasteiger charge is 2.30. The highest BCUT2D eigenvalue weighted by Crippen LogP contribution is 2.24. The number of aromatic hydroxyl groups is 1. The zero-order chi connectivity index (χ0) is 15.5. The molecule has 0 saturated heterocycles. The zero-order valence-electron chi connectivity index (χ0n) is 10.6. The minimum absolute atomic E-state index is 0.261. The number of alkyl halides is 3. The number of phenolic OH excluding ortho intramolecular Hbond substituents is 1. The summed E-state index contributed by atoms with van der Waals surface area (Å²) >= 11 is 0. The highest BCUT2D eigenvalue weighted by molar-refractivity contribution is 5.47. The molecule has 2 N–H and O–H groups in total. The molecule has 0 radical (unpaired) electrons. The molecule has 2 rings (SSSR count). The van der Waals surface area contributed by atoms with E-state index in [4.69, 9.17) is 5.11 Å². The van der Waals surface area contributed by atoms with Gasteiger partial charge in [-0.2, -0.15) is 0 Å². The van der Waals surface area contributed by atoms with Crippen molar-refractivity contribution < 1.29 is 27.4 Å². The van der Waals surface area contributed by atoms with Crippen LogP contribution in [0.4, 0.5) is 23.2 Å². The summed E-state index contributed by atoms with van der Waals surface area (Å²) in [5.41, 5.74) is 1.14. The van der Waals surface area contributed by atoms with E-state index in [1.54, 1.807) is 0 Å². The van der Waals surface area contributed by atoms with Gasteiger partial charge < -0.3 is 15.2 Å². The minimum Gasteiger partial charge on any atom is -0.505 e. The molecule has 2 aromatic rings. The van der Waals surface area contributed by atoms with E-state index in [1.807, 2.05) is 0 Å². The van der Waals surface area contributed by atoms with E-state index in [0.29, 0.717) is 11.3 Å². The second-order valence-corrected chi connectivity index (χ2v) is 4.21. The molecule has 21 heavy (non-hydrogen) atoms. The first-order valence-corrected chi connectivity index (χ1v) is 5.90. The van der Waals surface area contributed by atoms with Gasteiger partial charge in [0.2, 0.25) is 0 Å². The number of phenols is 1. The van der Waals surface area contributed by atoms with Crippen molar-refractivity contribution >= 4 is 5.69 Å². The summed E-state index contributed by atoms with van der Waals surface area (Å²) in [4.78, 5) is 0. The Labute approximate surface area is 117 Å². The number of benzene rings is 2. The Morgan fingerprint density at radius 2 is 1.71 bits per heavy atom. The summed E-state index contributed by atoms with van der Waals surface area (Å²) in [6.45, 7) is 0.261. The lowest BCUT2D eigenvalue weighted by Crippen LogP contribution is -2.17. The molecule has 0 aliphatic heterocycles. The van der Waals surface area contributed by atoms with E-state index in [9.17, 15) is 17.6 Å². The number of ether oxygens (including phenoxy) is 1. The van der Waals surface area contributed by atoms with Crippen LogP contribution in [0.2, 0.25) is 0 Å². The number of anilines is 1. The van der Waals surface area contributed by atoms with Crippen LogP contribution in [0.3, 0.4) is 0 Å². The van der Waals surface area contributed by atoms with Gasteiger partial charge in [-0.05, 0) is 42.0 Å². The lowest BCUT2D eigenvalue weighted by atomic mass is 10.2. The number of nitrogens with one attached hydrogen (secondary N) is 1. The van der Waals surface area contributed by atoms with Crippen molar-refractivity contribution in [2.75, 3.05) is 5.32 Å². The third kappa shape index (κ3) is 4.55. The fourth-order valence-electron chi connectivity index (χ4n) is 1.64. The Morgan fingerprint density at radius 3 is 2.29 bits per heavy atom. The molecular weight excluding hydrogens is 290 g/mol. The van der Waals surface area contributed by atoms with Gasteiger partial charge in [-0.1, -0.05) is 6.07 Å². The minimum atomic E-state index is -4.72. The van der Waals surface area contributed by atoms with Gasteiger partial charge in [0.1, 0.15) is 5.75 Å². The van der Waals surface area contributed by atoms with Gasteiger partial charge in [0.05, 0.1) is 0 Å². The fraction of sp³-hybridized carbons (Fsp3) is 0.143. The molecule has 0 aromatic heterocycles. The molecule has 0 bridgehead atoms. The van der Waals surface area contributed by atoms with Crippen molar-refractivity contribution in [1.29, 1.82) is 0 Å². The second kappa shape index (κ2) is 5.90. The second-order valence-electron chi connectivity index (χ2n) is 4.21. The predicted molar refractivity (Wildman–Crippen MR) is 68.5 cm³/mol. The topological polar surface area (TPSA) is 41.5 Å². The largest absolute Gasteiger partial charge is 0.573 e. The van der Waals surface area contributed by atoms with E-state index in [2.05, 4.69) is 10.1 Å². The van der Waals surface area contributed by atoms with Gasteiger partial charge in [-0.25, -0.2) is 4.39 Å². The summed E-state index contributed by atoms with van der Waals surface area (Å²) in [6.07, 6.45) is -4.72. The van der Waals surface area contributed by atoms with Gasteiger partial charge >= 0.3 is 6.36 Å². The normalized spacial score (nSPS) is 11.2. The molecule has 0 spiro atoms. The van der Waals surface area contributed by atoms with E-state index in [-0.39, 0.29) is 12.3 Å². The Balaban J connectivity index is 1.96. The molecule has 2 aromatic carbocycles. The van der Waals surface area contributed by atoms with Crippen molar-refractivity contribution in [2.24, 2.45) is 0 Å². The maximum atomic E-state index is 13.1. The smallest absolute Gasteiger partial charge is 0.505 e.